The third-order valence-corrected chi connectivity index (χ3v) is 4.28. The van der Waals surface area contributed by atoms with Crippen molar-refractivity contribution in [2.75, 3.05) is 13.1 Å². The Balaban J connectivity index is 2.46. The minimum Gasteiger partial charge on any atom is -0.351 e. The van der Waals surface area contributed by atoms with Crippen molar-refractivity contribution >= 4 is 22.8 Å². The molecule has 0 radical (unpaired) electrons. The van der Waals surface area contributed by atoms with E-state index in [1.807, 2.05) is 20.8 Å². The maximum Gasteiger partial charge on any atom is 0.329 e. The molecule has 9 heteroatoms. The number of amides is 2. The molecule has 2 heterocycles. The van der Waals surface area contributed by atoms with Gasteiger partial charge in [0.1, 0.15) is 0 Å². The number of hydrogen-bond acceptors (Lipinski definition) is 5. The monoisotopic (exact) mass is 399 g/mol. The number of terminal acetylenes is 1. The largest absolute Gasteiger partial charge is 0.351 e. The van der Waals surface area contributed by atoms with Crippen molar-refractivity contribution < 1.29 is 9.59 Å². The average molecular weight is 399 g/mol. The molecule has 154 valence electrons. The van der Waals surface area contributed by atoms with Gasteiger partial charge in [-0.05, 0) is 18.4 Å². The lowest BCUT2D eigenvalue weighted by molar-refractivity contribution is -0.120. The first-order chi connectivity index (χ1) is 13.8. The summed E-state index contributed by atoms with van der Waals surface area (Å²) in [6.07, 6.45) is 5.78. The molecule has 0 aromatic carbocycles. The molecule has 2 rings (SSSR count). The Morgan fingerprint density at radius 2 is 2.03 bits per heavy atom. The fourth-order valence-corrected chi connectivity index (χ4v) is 2.82. The summed E-state index contributed by atoms with van der Waals surface area (Å²) in [5.74, 6) is 1.46. The van der Waals surface area contributed by atoms with Crippen LogP contribution in [0.25, 0.3) is 11.0 Å². The average Bonchev–Trinajstić information content (AvgIpc) is 2.68. The quantitative estimate of drug-likeness (QED) is 0.557. The predicted molar refractivity (Wildman–Crippen MR) is 110 cm³/mol. The minimum absolute atomic E-state index is 0.0232. The van der Waals surface area contributed by atoms with E-state index in [0.29, 0.717) is 18.7 Å². The van der Waals surface area contributed by atoms with Gasteiger partial charge in [-0.1, -0.05) is 26.7 Å². The second-order valence-corrected chi connectivity index (χ2v) is 6.85. The third kappa shape index (κ3) is 5.10. The van der Waals surface area contributed by atoms with Crippen LogP contribution >= 0.6 is 0 Å². The summed E-state index contributed by atoms with van der Waals surface area (Å²) in [5.41, 5.74) is -0.340. The van der Waals surface area contributed by atoms with Gasteiger partial charge in [-0.15, -0.1) is 6.42 Å². The van der Waals surface area contributed by atoms with Crippen LogP contribution in [0.15, 0.2) is 15.7 Å². The fraction of sp³-hybridized carbons (Fsp3) is 0.450. The first kappa shape index (κ1) is 21.9. The van der Waals surface area contributed by atoms with Gasteiger partial charge in [0.05, 0.1) is 17.5 Å². The molecule has 0 spiro atoms. The van der Waals surface area contributed by atoms with Gasteiger partial charge in [-0.2, -0.15) is 0 Å². The van der Waals surface area contributed by atoms with Crippen LogP contribution in [0.5, 0.6) is 0 Å². The third-order valence-electron chi connectivity index (χ3n) is 4.28. The molecule has 0 aliphatic carbocycles. The van der Waals surface area contributed by atoms with E-state index in [1.165, 1.54) is 4.57 Å². The summed E-state index contributed by atoms with van der Waals surface area (Å²) < 4.78 is 1.37. The number of aromatic amines is 1. The van der Waals surface area contributed by atoms with Crippen LogP contribution in [0.2, 0.25) is 0 Å². The highest BCUT2D eigenvalue weighted by molar-refractivity contribution is 6.05. The molecule has 0 saturated heterocycles. The molecule has 9 nitrogen and oxygen atoms in total. The first-order valence-electron chi connectivity index (χ1n) is 9.46. The molecule has 2 aromatic heterocycles. The van der Waals surface area contributed by atoms with E-state index in [-0.39, 0.29) is 47.9 Å². The molecule has 0 bridgehead atoms. The number of aromatic nitrogens is 3. The summed E-state index contributed by atoms with van der Waals surface area (Å²) in [6, 6.07) is 1.55. The summed E-state index contributed by atoms with van der Waals surface area (Å²) in [6.45, 7) is 6.25. The van der Waals surface area contributed by atoms with Crippen LogP contribution in [-0.2, 0) is 11.3 Å². The highest BCUT2D eigenvalue weighted by atomic mass is 16.2. The normalized spacial score (nSPS) is 10.7. The first-order valence-corrected chi connectivity index (χ1v) is 9.46. The maximum atomic E-state index is 12.8. The van der Waals surface area contributed by atoms with Gasteiger partial charge in [0, 0.05) is 25.2 Å². The predicted octanol–water partition coefficient (Wildman–Crippen LogP) is 0.487. The van der Waals surface area contributed by atoms with Crippen LogP contribution in [0.3, 0.4) is 0 Å². The molecule has 0 aliphatic heterocycles. The van der Waals surface area contributed by atoms with Crippen molar-refractivity contribution in [3.05, 3.63) is 38.2 Å². The Labute approximate surface area is 167 Å². The number of fused-ring (bicyclic) bond motifs is 1. The number of hydrogen-bond donors (Lipinski definition) is 3. The zero-order valence-electron chi connectivity index (χ0n) is 16.8. The fourth-order valence-electron chi connectivity index (χ4n) is 2.82. The number of aryl methyl sites for hydroxylation is 1. The van der Waals surface area contributed by atoms with Gasteiger partial charge in [0.25, 0.3) is 11.5 Å². The van der Waals surface area contributed by atoms with Crippen LogP contribution in [0, 0.1) is 12.3 Å². The standard InChI is InChI=1S/C20H25N5O4/c1-5-8-21-15(26)7-9-22-18(27)13-11-14(12(3)4)23-17-16(13)19(28)24-20(29)25(17)10-6-2/h1,11-12H,6-10H2,2-4H3,(H,21,26)(H,22,27)(H,24,28,29). The highest BCUT2D eigenvalue weighted by Crippen LogP contribution is 2.19. The van der Waals surface area contributed by atoms with Crippen molar-refractivity contribution in [3.63, 3.8) is 0 Å². The number of carbonyl (C=O) groups excluding carboxylic acids is 2. The molecule has 0 fully saturated rings. The van der Waals surface area contributed by atoms with Crippen molar-refractivity contribution in [1.82, 2.24) is 25.2 Å². The maximum absolute atomic E-state index is 12.8. The number of pyridine rings is 1. The number of rotatable bonds is 8. The number of nitrogens with one attached hydrogen (secondary N) is 3. The van der Waals surface area contributed by atoms with Crippen LogP contribution < -0.4 is 21.9 Å². The zero-order chi connectivity index (χ0) is 21.6. The highest BCUT2D eigenvalue weighted by Gasteiger charge is 2.20. The number of H-pyrrole nitrogens is 1. The van der Waals surface area contributed by atoms with E-state index in [9.17, 15) is 19.2 Å². The second-order valence-electron chi connectivity index (χ2n) is 6.85. The van der Waals surface area contributed by atoms with Crippen molar-refractivity contribution in [2.45, 2.75) is 46.1 Å². The summed E-state index contributed by atoms with van der Waals surface area (Å²) in [5, 5.41) is 5.20. The Morgan fingerprint density at radius 3 is 2.66 bits per heavy atom. The van der Waals surface area contributed by atoms with E-state index in [2.05, 4.69) is 26.5 Å². The van der Waals surface area contributed by atoms with Gasteiger partial charge >= 0.3 is 5.69 Å². The lowest BCUT2D eigenvalue weighted by atomic mass is 10.0. The van der Waals surface area contributed by atoms with Gasteiger partial charge < -0.3 is 10.6 Å². The molecule has 0 aliphatic rings. The Kier molecular flexibility index (Phi) is 7.31. The zero-order valence-corrected chi connectivity index (χ0v) is 16.8. The van der Waals surface area contributed by atoms with E-state index in [1.54, 1.807) is 6.07 Å². The van der Waals surface area contributed by atoms with Gasteiger partial charge in [0.2, 0.25) is 5.91 Å². The Hall–Kier alpha value is -3.41. The van der Waals surface area contributed by atoms with Crippen LogP contribution in [0.1, 0.15) is 55.6 Å². The molecule has 3 N–H and O–H groups in total. The number of carbonyl (C=O) groups is 2. The van der Waals surface area contributed by atoms with Gasteiger partial charge in [-0.25, -0.2) is 9.78 Å². The Morgan fingerprint density at radius 1 is 1.31 bits per heavy atom. The summed E-state index contributed by atoms with van der Waals surface area (Å²) in [4.78, 5) is 55.9. The molecule has 2 amide bonds. The molecule has 29 heavy (non-hydrogen) atoms. The summed E-state index contributed by atoms with van der Waals surface area (Å²) in [7, 11) is 0. The smallest absolute Gasteiger partial charge is 0.329 e. The lowest BCUT2D eigenvalue weighted by Gasteiger charge is -2.14. The lowest BCUT2D eigenvalue weighted by Crippen LogP contribution is -2.34. The van der Waals surface area contributed by atoms with Crippen molar-refractivity contribution in [3.8, 4) is 12.3 Å². The van der Waals surface area contributed by atoms with Crippen LogP contribution in [-0.4, -0.2) is 39.4 Å². The Bertz CT molecular complexity index is 1080. The number of nitrogens with zero attached hydrogens (tertiary/aromatic N) is 2. The van der Waals surface area contributed by atoms with E-state index in [0.717, 1.165) is 0 Å². The molecule has 0 atom stereocenters. The van der Waals surface area contributed by atoms with E-state index < -0.39 is 17.2 Å². The van der Waals surface area contributed by atoms with E-state index in [4.69, 9.17) is 6.42 Å². The molecule has 2 aromatic rings. The minimum atomic E-state index is -0.669. The van der Waals surface area contributed by atoms with Crippen molar-refractivity contribution in [1.29, 1.82) is 0 Å². The van der Waals surface area contributed by atoms with Crippen molar-refractivity contribution in [2.24, 2.45) is 0 Å². The van der Waals surface area contributed by atoms with Crippen LogP contribution in [0.4, 0.5) is 0 Å². The molecular formula is C20H25N5O4. The molecule has 0 unspecified atom stereocenters. The molecular weight excluding hydrogens is 374 g/mol. The molecule has 0 saturated carbocycles. The topological polar surface area (TPSA) is 126 Å². The van der Waals surface area contributed by atoms with E-state index >= 15 is 0 Å². The summed E-state index contributed by atoms with van der Waals surface area (Å²) >= 11 is 0. The SMILES string of the molecule is C#CCNC(=O)CCNC(=O)c1cc(C(C)C)nc2c1c(=O)[nH]c(=O)n2CCC. The van der Waals surface area contributed by atoms with Gasteiger partial charge in [-0.3, -0.25) is 23.9 Å². The van der Waals surface area contributed by atoms with Gasteiger partial charge in [0.15, 0.2) is 5.65 Å². The second kappa shape index (κ2) is 9.68.